The molecule has 4 unspecified atom stereocenters. The molecule has 0 radical (unpaired) electrons. The molecule has 0 aliphatic heterocycles. The monoisotopic (exact) mass is 785 g/mol. The highest BCUT2D eigenvalue weighted by molar-refractivity contribution is 5.36. The quantitative estimate of drug-likeness (QED) is 0.0620. The zero-order chi connectivity index (χ0) is 41.8. The van der Waals surface area contributed by atoms with Gasteiger partial charge in [0.25, 0.3) is 0 Å². The van der Waals surface area contributed by atoms with E-state index in [0.29, 0.717) is 11.8 Å². The molecule has 0 N–H and O–H groups in total. The predicted octanol–water partition coefficient (Wildman–Crippen LogP) is 19.8. The van der Waals surface area contributed by atoms with Crippen LogP contribution in [0.25, 0.3) is 0 Å². The van der Waals surface area contributed by atoms with E-state index in [9.17, 15) is 0 Å². The van der Waals surface area contributed by atoms with Crippen LogP contribution in [0.4, 0.5) is 0 Å². The van der Waals surface area contributed by atoms with E-state index < -0.39 is 0 Å². The molecule has 0 heterocycles. The summed E-state index contributed by atoms with van der Waals surface area (Å²) in [6.07, 6.45) is 41.0. The van der Waals surface area contributed by atoms with Crippen molar-refractivity contribution in [1.82, 2.24) is 0 Å². The molecule has 0 fully saturated rings. The molecule has 0 spiro atoms. The molecular weight excluding hydrogens is 685 g/mol. The molecule has 4 atom stereocenters. The normalized spacial score (nSPS) is 14.5. The zero-order valence-electron chi connectivity index (χ0n) is 40.4. The molecular formula is C57H100. The molecule has 2 aromatic carbocycles. The van der Waals surface area contributed by atoms with Crippen molar-refractivity contribution in [3.05, 3.63) is 70.8 Å². The van der Waals surface area contributed by atoms with E-state index in [1.165, 1.54) is 186 Å². The minimum Gasteiger partial charge on any atom is -0.0654 e. The van der Waals surface area contributed by atoms with E-state index in [2.05, 4.69) is 118 Å². The molecule has 328 valence electrons. The van der Waals surface area contributed by atoms with Gasteiger partial charge in [0.05, 0.1) is 0 Å². The molecule has 0 bridgehead atoms. The Morgan fingerprint density at radius 2 is 0.614 bits per heavy atom. The van der Waals surface area contributed by atoms with Crippen molar-refractivity contribution < 1.29 is 0 Å². The van der Waals surface area contributed by atoms with Crippen LogP contribution in [0.3, 0.4) is 0 Å². The van der Waals surface area contributed by atoms with Crippen LogP contribution >= 0.6 is 0 Å². The molecule has 57 heavy (non-hydrogen) atoms. The van der Waals surface area contributed by atoms with Crippen LogP contribution < -0.4 is 0 Å². The van der Waals surface area contributed by atoms with Gasteiger partial charge in [0.2, 0.25) is 0 Å². The van der Waals surface area contributed by atoms with Gasteiger partial charge in [0, 0.05) is 0 Å². The highest BCUT2D eigenvalue weighted by Crippen LogP contribution is 2.41. The Balaban J connectivity index is 1.99. The first kappa shape index (κ1) is 51.6. The molecule has 0 saturated carbocycles. The van der Waals surface area contributed by atoms with E-state index in [4.69, 9.17) is 0 Å². The summed E-state index contributed by atoms with van der Waals surface area (Å²) in [6, 6.07) is 19.1. The van der Waals surface area contributed by atoms with Gasteiger partial charge in [-0.25, -0.2) is 0 Å². The first-order valence-electron chi connectivity index (χ1n) is 25.6. The van der Waals surface area contributed by atoms with Gasteiger partial charge in [0.15, 0.2) is 0 Å². The number of benzene rings is 2. The molecule has 0 saturated heterocycles. The summed E-state index contributed by atoms with van der Waals surface area (Å²) in [5.74, 6) is 2.81. The average molecular weight is 785 g/mol. The zero-order valence-corrected chi connectivity index (χ0v) is 40.4. The summed E-state index contributed by atoms with van der Waals surface area (Å²) >= 11 is 0. The van der Waals surface area contributed by atoms with Crippen molar-refractivity contribution in [2.24, 2.45) is 11.8 Å². The number of rotatable bonds is 34. The Morgan fingerprint density at radius 3 is 0.895 bits per heavy atom. The summed E-state index contributed by atoms with van der Waals surface area (Å²) in [6.45, 7) is 24.3. The predicted molar refractivity (Wildman–Crippen MR) is 259 cm³/mol. The van der Waals surface area contributed by atoms with Crippen LogP contribution in [0.2, 0.25) is 0 Å². The van der Waals surface area contributed by atoms with Gasteiger partial charge in [-0.05, 0) is 88.9 Å². The van der Waals surface area contributed by atoms with Crippen LogP contribution in [0, 0.1) is 11.8 Å². The van der Waals surface area contributed by atoms with Gasteiger partial charge >= 0.3 is 0 Å². The molecule has 0 nitrogen and oxygen atoms in total. The third-order valence-corrected chi connectivity index (χ3v) is 13.4. The van der Waals surface area contributed by atoms with Crippen molar-refractivity contribution in [1.29, 1.82) is 0 Å². The first-order valence-corrected chi connectivity index (χ1v) is 25.6. The molecule has 0 aliphatic rings. The van der Waals surface area contributed by atoms with Gasteiger partial charge in [-0.1, -0.05) is 272 Å². The third-order valence-electron chi connectivity index (χ3n) is 13.4. The molecule has 0 aliphatic carbocycles. The van der Waals surface area contributed by atoms with E-state index in [1.807, 2.05) is 0 Å². The lowest BCUT2D eigenvalue weighted by Crippen LogP contribution is -2.19. The van der Waals surface area contributed by atoms with Crippen LogP contribution in [-0.4, -0.2) is 0 Å². The minimum atomic E-state index is 0.184. The SMILES string of the molecule is CCCCCCCCCCCCCCC(CC(C)CC(C)CC(CCCCCCCCCCCCCC)c1ccccc1C(C)(C)C)c1ccccc1C(C)(C)C. The van der Waals surface area contributed by atoms with Crippen molar-refractivity contribution in [2.45, 2.75) is 278 Å². The van der Waals surface area contributed by atoms with Crippen LogP contribution in [0.15, 0.2) is 48.5 Å². The Labute approximate surface area is 359 Å². The molecule has 0 heteroatoms. The van der Waals surface area contributed by atoms with E-state index in [1.54, 1.807) is 22.3 Å². The third kappa shape index (κ3) is 23.1. The summed E-state index contributed by atoms with van der Waals surface area (Å²) in [5.41, 5.74) is 6.83. The first-order chi connectivity index (χ1) is 27.4. The second kappa shape index (κ2) is 30.5. The van der Waals surface area contributed by atoms with Crippen molar-refractivity contribution >= 4 is 0 Å². The Kier molecular flexibility index (Phi) is 27.6. The second-order valence-corrected chi connectivity index (χ2v) is 21.3. The largest absolute Gasteiger partial charge is 0.0654 e. The van der Waals surface area contributed by atoms with Gasteiger partial charge < -0.3 is 0 Å². The Morgan fingerprint density at radius 1 is 0.351 bits per heavy atom. The second-order valence-electron chi connectivity index (χ2n) is 21.3. The van der Waals surface area contributed by atoms with Crippen LogP contribution in [-0.2, 0) is 10.8 Å². The number of unbranched alkanes of at least 4 members (excludes halogenated alkanes) is 22. The van der Waals surface area contributed by atoms with Gasteiger partial charge in [-0.3, -0.25) is 0 Å². The summed E-state index contributed by atoms with van der Waals surface area (Å²) in [4.78, 5) is 0. The van der Waals surface area contributed by atoms with Gasteiger partial charge in [-0.15, -0.1) is 0 Å². The number of hydrogen-bond acceptors (Lipinski definition) is 0. The molecule has 2 rings (SSSR count). The lowest BCUT2D eigenvalue weighted by molar-refractivity contribution is 0.323. The maximum atomic E-state index is 2.59. The van der Waals surface area contributed by atoms with Crippen molar-refractivity contribution in [3.8, 4) is 0 Å². The highest BCUT2D eigenvalue weighted by Gasteiger charge is 2.27. The Bertz CT molecular complexity index is 1130. The highest BCUT2D eigenvalue weighted by atomic mass is 14.3. The van der Waals surface area contributed by atoms with Gasteiger partial charge in [0.1, 0.15) is 0 Å². The van der Waals surface area contributed by atoms with Crippen molar-refractivity contribution in [2.75, 3.05) is 0 Å². The fourth-order valence-corrected chi connectivity index (χ4v) is 10.2. The lowest BCUT2D eigenvalue weighted by Gasteiger charge is -2.31. The topological polar surface area (TPSA) is 0 Å². The Hall–Kier alpha value is -1.56. The van der Waals surface area contributed by atoms with Crippen LogP contribution in [0.5, 0.6) is 0 Å². The summed E-state index contributed by atoms with van der Waals surface area (Å²) in [5, 5.41) is 0. The van der Waals surface area contributed by atoms with E-state index >= 15 is 0 Å². The molecule has 0 amide bonds. The van der Waals surface area contributed by atoms with E-state index in [-0.39, 0.29) is 10.8 Å². The fraction of sp³-hybridized carbons (Fsp3) is 0.789. The van der Waals surface area contributed by atoms with Gasteiger partial charge in [-0.2, -0.15) is 0 Å². The van der Waals surface area contributed by atoms with E-state index in [0.717, 1.165) is 11.8 Å². The summed E-state index contributed by atoms with van der Waals surface area (Å²) < 4.78 is 0. The lowest BCUT2D eigenvalue weighted by atomic mass is 9.74. The average Bonchev–Trinajstić information content (AvgIpc) is 3.17. The standard InChI is InChI=1S/C57H100/c1-11-13-15-17-19-21-23-25-27-29-31-33-39-50(52-41-35-37-43-54(52)56(5,6)7)46-48(3)45-49(4)47-51(53-42-36-38-44-55(53)57(8,9)10)40-34-32-30-28-26-24-22-20-18-16-14-12-2/h35-38,41-44,48-51H,11-34,39-40,45-47H2,1-10H3. The molecule has 2 aromatic rings. The number of hydrogen-bond donors (Lipinski definition) is 0. The maximum absolute atomic E-state index is 2.59. The summed E-state index contributed by atoms with van der Waals surface area (Å²) in [7, 11) is 0. The molecule has 0 aromatic heterocycles. The fourth-order valence-electron chi connectivity index (χ4n) is 10.2. The smallest absolute Gasteiger partial charge is 0.0129 e. The van der Waals surface area contributed by atoms with Crippen LogP contribution in [0.1, 0.15) is 290 Å². The minimum absolute atomic E-state index is 0.184. The van der Waals surface area contributed by atoms with Crippen molar-refractivity contribution in [3.63, 3.8) is 0 Å². The maximum Gasteiger partial charge on any atom is -0.0129 e.